The molecule has 1 aliphatic rings. The quantitative estimate of drug-likeness (QED) is 0.521. The molecular weight excluding hydrogens is 137 g/mol. The summed E-state index contributed by atoms with van der Waals surface area (Å²) in [6.45, 7) is 1.05. The van der Waals surface area contributed by atoms with Crippen molar-refractivity contribution in [3.05, 3.63) is 11.4 Å². The molecule has 0 aliphatic carbocycles. The molecule has 1 fully saturated rings. The van der Waals surface area contributed by atoms with E-state index in [1.54, 1.807) is 0 Å². The first kappa shape index (κ1) is 7.21. The Bertz CT molecular complexity index is 180. The Morgan fingerprint density at radius 2 is 2.40 bits per heavy atom. The lowest BCUT2D eigenvalue weighted by atomic mass is 10.2. The smallest absolute Gasteiger partial charge is 0.364 e. The van der Waals surface area contributed by atoms with E-state index < -0.39 is 11.8 Å². The Labute approximate surface area is 57.5 Å². The highest BCUT2D eigenvalue weighted by Crippen LogP contribution is 2.13. The monoisotopic (exact) mass is 145 g/mol. The van der Waals surface area contributed by atoms with E-state index in [4.69, 9.17) is 5.11 Å². The van der Waals surface area contributed by atoms with Crippen molar-refractivity contribution in [2.45, 2.75) is 6.42 Å². The Balaban J connectivity index is 2.73. The van der Waals surface area contributed by atoms with Gasteiger partial charge in [0.25, 0.3) is 0 Å². The van der Waals surface area contributed by atoms with E-state index in [0.29, 0.717) is 25.1 Å². The lowest BCUT2D eigenvalue weighted by molar-refractivity contribution is -0.134. The molecule has 1 rings (SSSR count). The van der Waals surface area contributed by atoms with Crippen LogP contribution in [0.4, 0.5) is 4.39 Å². The average molecular weight is 145 g/mol. The van der Waals surface area contributed by atoms with Gasteiger partial charge in [-0.05, 0) is 18.5 Å². The van der Waals surface area contributed by atoms with Gasteiger partial charge in [-0.1, -0.05) is 0 Å². The molecule has 4 heteroatoms. The number of aliphatic carboxylic acids is 1. The lowest BCUT2D eigenvalue weighted by Gasteiger charge is -1.93. The van der Waals surface area contributed by atoms with Crippen molar-refractivity contribution in [2.24, 2.45) is 0 Å². The van der Waals surface area contributed by atoms with Gasteiger partial charge in [-0.2, -0.15) is 4.39 Å². The van der Waals surface area contributed by atoms with Crippen molar-refractivity contribution < 1.29 is 14.3 Å². The molecule has 0 aromatic carbocycles. The van der Waals surface area contributed by atoms with Gasteiger partial charge >= 0.3 is 5.97 Å². The summed E-state index contributed by atoms with van der Waals surface area (Å²) in [7, 11) is 0. The van der Waals surface area contributed by atoms with Crippen LogP contribution in [0.1, 0.15) is 6.42 Å². The molecule has 1 saturated heterocycles. The van der Waals surface area contributed by atoms with Crippen LogP contribution in [0.15, 0.2) is 11.4 Å². The van der Waals surface area contributed by atoms with Gasteiger partial charge in [0.1, 0.15) is 0 Å². The molecule has 1 aliphatic heterocycles. The normalized spacial score (nSPS) is 22.9. The van der Waals surface area contributed by atoms with E-state index in [2.05, 4.69) is 5.32 Å². The van der Waals surface area contributed by atoms with E-state index >= 15 is 0 Å². The van der Waals surface area contributed by atoms with Crippen molar-refractivity contribution in [3.8, 4) is 0 Å². The highest BCUT2D eigenvalue weighted by Gasteiger charge is 2.16. The van der Waals surface area contributed by atoms with Crippen LogP contribution in [0.5, 0.6) is 0 Å². The molecule has 2 N–H and O–H groups in total. The summed E-state index contributed by atoms with van der Waals surface area (Å²) in [6, 6.07) is 0. The maximum atomic E-state index is 12.5. The fourth-order valence-corrected chi connectivity index (χ4v) is 0.906. The number of nitrogens with one attached hydrogen (secondary N) is 1. The number of rotatable bonds is 1. The molecule has 0 amide bonds. The first-order valence-corrected chi connectivity index (χ1v) is 3.03. The molecule has 0 bridgehead atoms. The zero-order chi connectivity index (χ0) is 7.56. The van der Waals surface area contributed by atoms with Gasteiger partial charge in [-0.15, -0.1) is 0 Å². The fourth-order valence-electron chi connectivity index (χ4n) is 0.906. The summed E-state index contributed by atoms with van der Waals surface area (Å²) >= 11 is 0. The molecule has 0 saturated carbocycles. The van der Waals surface area contributed by atoms with Gasteiger partial charge in [0.05, 0.1) is 0 Å². The minimum absolute atomic E-state index is 0.368. The second kappa shape index (κ2) is 2.79. The van der Waals surface area contributed by atoms with Crippen molar-refractivity contribution in [3.63, 3.8) is 0 Å². The van der Waals surface area contributed by atoms with Gasteiger partial charge in [-0.25, -0.2) is 4.79 Å². The molecule has 0 spiro atoms. The lowest BCUT2D eigenvalue weighted by Crippen LogP contribution is -2.06. The van der Waals surface area contributed by atoms with Gasteiger partial charge < -0.3 is 10.4 Å². The van der Waals surface area contributed by atoms with E-state index in [1.807, 2.05) is 0 Å². The first-order valence-electron chi connectivity index (χ1n) is 3.03. The van der Waals surface area contributed by atoms with Crippen LogP contribution in [0.25, 0.3) is 0 Å². The number of carbonyl (C=O) groups is 1. The highest BCUT2D eigenvalue weighted by atomic mass is 19.1. The molecule has 0 unspecified atom stereocenters. The van der Waals surface area contributed by atoms with Crippen LogP contribution in [-0.4, -0.2) is 24.2 Å². The maximum Gasteiger partial charge on any atom is 0.364 e. The van der Waals surface area contributed by atoms with E-state index in [9.17, 15) is 9.18 Å². The van der Waals surface area contributed by atoms with Crippen molar-refractivity contribution in [1.29, 1.82) is 0 Å². The predicted molar refractivity (Wildman–Crippen MR) is 33.3 cm³/mol. The Morgan fingerprint density at radius 1 is 1.70 bits per heavy atom. The SMILES string of the molecule is O=C(O)/C(F)=C1\CCNC1. The van der Waals surface area contributed by atoms with Crippen LogP contribution >= 0.6 is 0 Å². The molecule has 56 valence electrons. The predicted octanol–water partition coefficient (Wildman–Crippen LogP) is 0.288. The minimum atomic E-state index is -1.46. The van der Waals surface area contributed by atoms with Gasteiger partial charge in [0.2, 0.25) is 5.83 Å². The highest BCUT2D eigenvalue weighted by molar-refractivity contribution is 5.85. The van der Waals surface area contributed by atoms with Crippen LogP contribution in [0.3, 0.4) is 0 Å². The van der Waals surface area contributed by atoms with Crippen molar-refractivity contribution in [1.82, 2.24) is 5.32 Å². The zero-order valence-electron chi connectivity index (χ0n) is 5.35. The number of hydrogen-bond acceptors (Lipinski definition) is 2. The zero-order valence-corrected chi connectivity index (χ0v) is 5.35. The number of hydrogen-bond donors (Lipinski definition) is 2. The second-order valence-electron chi connectivity index (χ2n) is 2.15. The Kier molecular flexibility index (Phi) is 2.01. The summed E-state index contributed by atoms with van der Waals surface area (Å²) in [5, 5.41) is 11.0. The second-order valence-corrected chi connectivity index (χ2v) is 2.15. The molecule has 0 aromatic rings. The van der Waals surface area contributed by atoms with E-state index in [-0.39, 0.29) is 0 Å². The van der Waals surface area contributed by atoms with Crippen LogP contribution in [0.2, 0.25) is 0 Å². The van der Waals surface area contributed by atoms with Gasteiger partial charge in [-0.3, -0.25) is 0 Å². The average Bonchev–Trinajstić information content (AvgIpc) is 2.36. The topological polar surface area (TPSA) is 49.3 Å². The Morgan fingerprint density at radius 3 is 2.80 bits per heavy atom. The van der Waals surface area contributed by atoms with E-state index in [0.717, 1.165) is 0 Å². The maximum absolute atomic E-state index is 12.5. The van der Waals surface area contributed by atoms with Crippen molar-refractivity contribution in [2.75, 3.05) is 13.1 Å². The fraction of sp³-hybridized carbons (Fsp3) is 0.500. The van der Waals surface area contributed by atoms with Gasteiger partial charge in [0, 0.05) is 6.54 Å². The molecule has 3 nitrogen and oxygen atoms in total. The third-order valence-electron chi connectivity index (χ3n) is 1.44. The summed E-state index contributed by atoms with van der Waals surface area (Å²) in [5.41, 5.74) is 0.368. The summed E-state index contributed by atoms with van der Waals surface area (Å²) in [4.78, 5) is 10.0. The summed E-state index contributed by atoms with van der Waals surface area (Å²) < 4.78 is 12.5. The minimum Gasteiger partial charge on any atom is -0.476 e. The third kappa shape index (κ3) is 1.33. The molecular formula is C6H8FNO2. The molecule has 0 radical (unpaired) electrons. The number of carboxylic acids is 1. The van der Waals surface area contributed by atoms with Crippen molar-refractivity contribution >= 4 is 5.97 Å². The molecule has 0 atom stereocenters. The van der Waals surface area contributed by atoms with Crippen LogP contribution < -0.4 is 5.32 Å². The Hall–Kier alpha value is -0.900. The number of carboxylic acid groups (broad SMARTS) is 1. The first-order chi connectivity index (χ1) is 4.72. The van der Waals surface area contributed by atoms with Crippen LogP contribution in [0, 0.1) is 0 Å². The largest absolute Gasteiger partial charge is 0.476 e. The molecule has 10 heavy (non-hydrogen) atoms. The van der Waals surface area contributed by atoms with Crippen LogP contribution in [-0.2, 0) is 4.79 Å². The number of halogens is 1. The van der Waals surface area contributed by atoms with E-state index in [1.165, 1.54) is 0 Å². The summed E-state index contributed by atoms with van der Waals surface area (Å²) in [5.74, 6) is -2.45. The molecule has 1 heterocycles. The summed E-state index contributed by atoms with van der Waals surface area (Å²) in [6.07, 6.45) is 0.512. The standard InChI is InChI=1S/C6H8FNO2/c7-5(6(9)10)4-1-2-8-3-4/h8H,1-3H2,(H,9,10)/b5-4-. The van der Waals surface area contributed by atoms with Gasteiger partial charge in [0.15, 0.2) is 0 Å². The molecule has 0 aromatic heterocycles. The third-order valence-corrected chi connectivity index (χ3v) is 1.44.